The Morgan fingerprint density at radius 3 is 2.68 bits per heavy atom. The van der Waals surface area contributed by atoms with Gasteiger partial charge in [0.15, 0.2) is 0 Å². The highest BCUT2D eigenvalue weighted by molar-refractivity contribution is 5.96. The Balaban J connectivity index is 1.47. The summed E-state index contributed by atoms with van der Waals surface area (Å²) >= 11 is 0. The zero-order chi connectivity index (χ0) is 19.9. The molecule has 0 saturated carbocycles. The minimum absolute atomic E-state index is 0.0560. The van der Waals surface area contributed by atoms with Crippen LogP contribution in [0.15, 0.2) is 54.6 Å². The van der Waals surface area contributed by atoms with E-state index in [0.717, 1.165) is 5.56 Å². The molecule has 1 atom stereocenters. The molecule has 3 amide bonds. The lowest BCUT2D eigenvalue weighted by atomic mass is 10.1. The molecule has 28 heavy (non-hydrogen) atoms. The smallest absolute Gasteiger partial charge is 0.243 e. The first-order chi connectivity index (χ1) is 13.5. The Kier molecular flexibility index (Phi) is 6.07. The summed E-state index contributed by atoms with van der Waals surface area (Å²) in [7, 11) is 0. The largest absolute Gasteiger partial charge is 0.347 e. The second-order valence-electron chi connectivity index (χ2n) is 6.65. The second-order valence-corrected chi connectivity index (χ2v) is 6.65. The summed E-state index contributed by atoms with van der Waals surface area (Å²) in [6.07, 6.45) is 5.49. The van der Waals surface area contributed by atoms with Gasteiger partial charge in [-0.15, -0.1) is 6.42 Å². The summed E-state index contributed by atoms with van der Waals surface area (Å²) in [5.41, 5.74) is 2.25. The van der Waals surface area contributed by atoms with Gasteiger partial charge in [0.2, 0.25) is 17.7 Å². The number of likely N-dealkylation sites (tertiary alicyclic amines) is 1. The summed E-state index contributed by atoms with van der Waals surface area (Å²) in [5.74, 6) is 1.34. The fraction of sp³-hybridized carbons (Fsp3) is 0.227. The lowest BCUT2D eigenvalue weighted by Gasteiger charge is -2.16. The van der Waals surface area contributed by atoms with Crippen molar-refractivity contribution in [2.75, 3.05) is 18.4 Å². The van der Waals surface area contributed by atoms with Gasteiger partial charge in [0.1, 0.15) is 0 Å². The molecule has 0 bridgehead atoms. The molecule has 6 heteroatoms. The maximum absolute atomic E-state index is 12.3. The van der Waals surface area contributed by atoms with Crippen molar-refractivity contribution in [1.82, 2.24) is 10.2 Å². The number of hydrogen-bond acceptors (Lipinski definition) is 3. The molecule has 1 heterocycles. The van der Waals surface area contributed by atoms with Crippen molar-refractivity contribution in [1.29, 1.82) is 0 Å². The molecule has 1 unspecified atom stereocenters. The first kappa shape index (κ1) is 19.2. The van der Waals surface area contributed by atoms with Crippen LogP contribution in [0.5, 0.6) is 0 Å². The van der Waals surface area contributed by atoms with E-state index in [0.29, 0.717) is 24.3 Å². The molecule has 2 aromatic rings. The van der Waals surface area contributed by atoms with E-state index in [2.05, 4.69) is 16.6 Å². The third-order valence-electron chi connectivity index (χ3n) is 4.54. The van der Waals surface area contributed by atoms with Crippen LogP contribution in [0.2, 0.25) is 0 Å². The van der Waals surface area contributed by atoms with Crippen LogP contribution in [-0.2, 0) is 20.9 Å². The van der Waals surface area contributed by atoms with Crippen molar-refractivity contribution in [2.24, 2.45) is 5.92 Å². The lowest BCUT2D eigenvalue weighted by molar-refractivity contribution is -0.129. The fourth-order valence-corrected chi connectivity index (χ4v) is 3.11. The molecular weight excluding hydrogens is 354 g/mol. The molecule has 0 aromatic heterocycles. The Morgan fingerprint density at radius 2 is 1.93 bits per heavy atom. The van der Waals surface area contributed by atoms with Gasteiger partial charge in [-0.05, 0) is 23.8 Å². The van der Waals surface area contributed by atoms with Crippen LogP contribution in [0.25, 0.3) is 0 Å². The lowest BCUT2D eigenvalue weighted by Crippen LogP contribution is -2.37. The number of nitrogens with zero attached hydrogens (tertiary/aromatic N) is 1. The number of terminal acetylenes is 1. The van der Waals surface area contributed by atoms with E-state index in [1.807, 2.05) is 30.3 Å². The molecular formula is C22H21N3O3. The molecule has 1 saturated heterocycles. The summed E-state index contributed by atoms with van der Waals surface area (Å²) in [4.78, 5) is 38.3. The predicted octanol–water partition coefficient (Wildman–Crippen LogP) is 1.77. The number of hydrogen-bond donors (Lipinski definition) is 2. The van der Waals surface area contributed by atoms with Crippen LogP contribution in [0.1, 0.15) is 17.5 Å². The van der Waals surface area contributed by atoms with Crippen molar-refractivity contribution in [2.45, 2.75) is 13.0 Å². The van der Waals surface area contributed by atoms with Gasteiger partial charge >= 0.3 is 0 Å². The molecule has 1 fully saturated rings. The molecule has 142 valence electrons. The molecule has 2 N–H and O–H groups in total. The third-order valence-corrected chi connectivity index (χ3v) is 4.54. The van der Waals surface area contributed by atoms with Gasteiger partial charge in [-0.2, -0.15) is 0 Å². The molecule has 6 nitrogen and oxygen atoms in total. The van der Waals surface area contributed by atoms with Gasteiger partial charge in [-0.3, -0.25) is 14.4 Å². The van der Waals surface area contributed by atoms with Crippen molar-refractivity contribution in [3.05, 3.63) is 65.7 Å². The second kappa shape index (κ2) is 8.87. The number of benzene rings is 2. The number of rotatable bonds is 6. The molecule has 1 aliphatic heterocycles. The predicted molar refractivity (Wildman–Crippen MR) is 106 cm³/mol. The van der Waals surface area contributed by atoms with E-state index in [9.17, 15) is 14.4 Å². The average molecular weight is 375 g/mol. The third kappa shape index (κ3) is 4.98. The van der Waals surface area contributed by atoms with Gasteiger partial charge in [0.25, 0.3) is 0 Å². The van der Waals surface area contributed by atoms with Gasteiger partial charge < -0.3 is 15.5 Å². The topological polar surface area (TPSA) is 78.5 Å². The van der Waals surface area contributed by atoms with Crippen LogP contribution in [-0.4, -0.2) is 35.7 Å². The molecule has 1 aliphatic rings. The maximum Gasteiger partial charge on any atom is 0.243 e. The highest BCUT2D eigenvalue weighted by Crippen LogP contribution is 2.20. The molecule has 0 aliphatic carbocycles. The number of carbonyl (C=O) groups excluding carboxylic acids is 3. The van der Waals surface area contributed by atoms with E-state index in [1.165, 1.54) is 0 Å². The van der Waals surface area contributed by atoms with E-state index in [1.54, 1.807) is 29.2 Å². The van der Waals surface area contributed by atoms with E-state index in [4.69, 9.17) is 6.42 Å². The molecule has 3 rings (SSSR count). The summed E-state index contributed by atoms with van der Waals surface area (Å²) in [5, 5.41) is 5.29. The molecule has 0 radical (unpaired) electrons. The van der Waals surface area contributed by atoms with Crippen molar-refractivity contribution in [3.63, 3.8) is 0 Å². The Bertz CT molecular complexity index is 918. The monoisotopic (exact) mass is 375 g/mol. The first-order valence-corrected chi connectivity index (χ1v) is 9.01. The summed E-state index contributed by atoms with van der Waals surface area (Å²) < 4.78 is 0. The fourth-order valence-electron chi connectivity index (χ4n) is 3.11. The van der Waals surface area contributed by atoms with Crippen LogP contribution >= 0.6 is 0 Å². The van der Waals surface area contributed by atoms with Gasteiger partial charge in [0.05, 0.1) is 12.5 Å². The van der Waals surface area contributed by atoms with E-state index in [-0.39, 0.29) is 30.7 Å². The first-order valence-electron chi connectivity index (χ1n) is 9.01. The highest BCUT2D eigenvalue weighted by atomic mass is 16.2. The number of nitrogens with one attached hydrogen (secondary N) is 2. The molecule has 2 aromatic carbocycles. The summed E-state index contributed by atoms with van der Waals surface area (Å²) in [6, 6.07) is 16.5. The van der Waals surface area contributed by atoms with Gasteiger partial charge in [-0.25, -0.2) is 0 Å². The minimum Gasteiger partial charge on any atom is -0.347 e. The van der Waals surface area contributed by atoms with Crippen LogP contribution in [0.4, 0.5) is 5.69 Å². The normalized spacial score (nSPS) is 15.8. The number of anilines is 1. The quantitative estimate of drug-likeness (QED) is 0.756. The maximum atomic E-state index is 12.3. The van der Waals surface area contributed by atoms with Crippen molar-refractivity contribution >= 4 is 23.4 Å². The van der Waals surface area contributed by atoms with Crippen LogP contribution in [0, 0.1) is 18.3 Å². The number of amides is 3. The van der Waals surface area contributed by atoms with Crippen LogP contribution in [0.3, 0.4) is 0 Å². The minimum atomic E-state index is -0.450. The van der Waals surface area contributed by atoms with Crippen LogP contribution < -0.4 is 10.6 Å². The SMILES string of the molecule is C#Cc1cccc(NC(=O)CNC(=O)C2CC(=O)N(Cc3ccccc3)C2)c1. The van der Waals surface area contributed by atoms with E-state index < -0.39 is 5.92 Å². The average Bonchev–Trinajstić information content (AvgIpc) is 3.07. The Labute approximate surface area is 163 Å². The molecule has 0 spiro atoms. The number of carbonyl (C=O) groups is 3. The Hall–Kier alpha value is -3.59. The zero-order valence-electron chi connectivity index (χ0n) is 15.4. The van der Waals surface area contributed by atoms with E-state index >= 15 is 0 Å². The van der Waals surface area contributed by atoms with Crippen molar-refractivity contribution < 1.29 is 14.4 Å². The Morgan fingerprint density at radius 1 is 1.14 bits per heavy atom. The van der Waals surface area contributed by atoms with Gasteiger partial charge in [0, 0.05) is 30.8 Å². The van der Waals surface area contributed by atoms with Gasteiger partial charge in [-0.1, -0.05) is 42.3 Å². The van der Waals surface area contributed by atoms with Crippen molar-refractivity contribution in [3.8, 4) is 12.3 Å². The standard InChI is InChI=1S/C22H21N3O3/c1-2-16-9-6-10-19(11-16)24-20(26)13-23-22(28)18-12-21(27)25(15-18)14-17-7-4-3-5-8-17/h1,3-11,18H,12-15H2,(H,23,28)(H,24,26). The summed E-state index contributed by atoms with van der Waals surface area (Å²) in [6.45, 7) is 0.670. The zero-order valence-corrected chi connectivity index (χ0v) is 15.4. The highest BCUT2D eigenvalue weighted by Gasteiger charge is 2.34.